The summed E-state index contributed by atoms with van der Waals surface area (Å²) in [4.78, 5) is 27.5. The summed E-state index contributed by atoms with van der Waals surface area (Å²) < 4.78 is 25.2. The summed E-state index contributed by atoms with van der Waals surface area (Å²) in [5, 5.41) is 0.944. The maximum absolute atomic E-state index is 12.3. The molecule has 1 aromatic heterocycles. The highest BCUT2D eigenvalue weighted by Gasteiger charge is 2.13. The Hall–Kier alpha value is -3.33. The van der Waals surface area contributed by atoms with Crippen LogP contribution in [-0.2, 0) is 21.2 Å². The summed E-state index contributed by atoms with van der Waals surface area (Å²) in [6.45, 7) is 1.72. The number of hydrogen-bond donors (Lipinski definition) is 4. The average Bonchev–Trinajstić information content (AvgIpc) is 3.03. The lowest BCUT2D eigenvalue weighted by Crippen LogP contribution is -2.42. The number of aromatic amines is 1. The summed E-state index contributed by atoms with van der Waals surface area (Å²) in [6, 6.07) is 12.2. The van der Waals surface area contributed by atoms with Gasteiger partial charge in [-0.25, -0.2) is 8.42 Å². The number of hydrogen-bond acceptors (Lipinski definition) is 4. The van der Waals surface area contributed by atoms with Crippen LogP contribution >= 0.6 is 0 Å². The predicted octanol–water partition coefficient (Wildman–Crippen LogP) is 1.85. The minimum atomic E-state index is -3.47. The lowest BCUT2D eigenvalue weighted by atomic mass is 10.1. The summed E-state index contributed by atoms with van der Waals surface area (Å²) in [6.07, 6.45) is 2.89. The molecule has 0 fully saturated rings. The van der Waals surface area contributed by atoms with Crippen LogP contribution in [0.1, 0.15) is 21.5 Å². The van der Waals surface area contributed by atoms with E-state index in [1.165, 1.54) is 6.07 Å². The molecular formula is C19H20N4O4S. The first-order valence-electron chi connectivity index (χ1n) is 8.45. The van der Waals surface area contributed by atoms with Crippen molar-refractivity contribution in [3.05, 3.63) is 65.4 Å². The van der Waals surface area contributed by atoms with E-state index < -0.39 is 15.9 Å². The van der Waals surface area contributed by atoms with Crippen molar-refractivity contribution in [3.8, 4) is 0 Å². The fourth-order valence-electron chi connectivity index (χ4n) is 2.77. The molecule has 0 spiro atoms. The van der Waals surface area contributed by atoms with Crippen LogP contribution < -0.4 is 15.6 Å². The van der Waals surface area contributed by atoms with Crippen LogP contribution in [0.3, 0.4) is 0 Å². The molecule has 146 valence electrons. The molecule has 2 aromatic carbocycles. The van der Waals surface area contributed by atoms with Crippen LogP contribution in [0, 0.1) is 6.92 Å². The zero-order valence-corrected chi connectivity index (χ0v) is 16.2. The lowest BCUT2D eigenvalue weighted by molar-refractivity contribution is -0.121. The number of sulfonamides is 1. The third-order valence-corrected chi connectivity index (χ3v) is 4.73. The number of benzene rings is 2. The van der Waals surface area contributed by atoms with Crippen LogP contribution in [0.5, 0.6) is 0 Å². The third kappa shape index (κ3) is 4.68. The molecule has 9 heteroatoms. The molecule has 0 aliphatic rings. The van der Waals surface area contributed by atoms with Crippen molar-refractivity contribution in [1.29, 1.82) is 0 Å². The molecule has 3 rings (SSSR count). The topological polar surface area (TPSA) is 120 Å². The average molecular weight is 400 g/mol. The molecule has 4 N–H and O–H groups in total. The summed E-state index contributed by atoms with van der Waals surface area (Å²) >= 11 is 0. The molecule has 0 atom stereocenters. The number of anilines is 1. The second-order valence-electron chi connectivity index (χ2n) is 6.44. The number of nitrogens with one attached hydrogen (secondary N) is 4. The molecule has 0 saturated heterocycles. The Morgan fingerprint density at radius 1 is 1.07 bits per heavy atom. The normalized spacial score (nSPS) is 11.2. The Balaban J connectivity index is 1.63. The van der Waals surface area contributed by atoms with E-state index >= 15 is 0 Å². The van der Waals surface area contributed by atoms with Gasteiger partial charge in [0, 0.05) is 22.7 Å². The Bertz CT molecular complexity index is 1150. The number of carbonyl (C=O) groups is 2. The third-order valence-electron chi connectivity index (χ3n) is 4.14. The van der Waals surface area contributed by atoms with E-state index in [0.717, 1.165) is 22.7 Å². The fourth-order valence-corrected chi connectivity index (χ4v) is 3.39. The molecule has 0 bridgehead atoms. The highest BCUT2D eigenvalue weighted by atomic mass is 32.2. The van der Waals surface area contributed by atoms with Crippen molar-refractivity contribution in [3.63, 3.8) is 0 Å². The van der Waals surface area contributed by atoms with E-state index in [1.807, 2.05) is 24.3 Å². The molecule has 0 aliphatic carbocycles. The smallest absolute Gasteiger partial charge is 0.269 e. The Labute approximate surface area is 162 Å². The van der Waals surface area contributed by atoms with Gasteiger partial charge in [-0.2, -0.15) is 0 Å². The second kappa shape index (κ2) is 7.73. The van der Waals surface area contributed by atoms with Crippen LogP contribution in [-0.4, -0.2) is 31.5 Å². The summed E-state index contributed by atoms with van der Waals surface area (Å²) in [7, 11) is -3.47. The number of rotatable bonds is 5. The van der Waals surface area contributed by atoms with Gasteiger partial charge in [-0.3, -0.25) is 25.2 Å². The van der Waals surface area contributed by atoms with Crippen molar-refractivity contribution in [2.75, 3.05) is 11.0 Å². The summed E-state index contributed by atoms with van der Waals surface area (Å²) in [5.74, 6) is -0.927. The molecule has 0 unspecified atom stereocenters. The van der Waals surface area contributed by atoms with Gasteiger partial charge in [0.15, 0.2) is 0 Å². The largest absolute Gasteiger partial charge is 0.361 e. The number of H-pyrrole nitrogens is 1. The summed E-state index contributed by atoms with van der Waals surface area (Å²) in [5.41, 5.74) is 7.66. The molecule has 8 nitrogen and oxygen atoms in total. The maximum Gasteiger partial charge on any atom is 0.269 e. The number of para-hydroxylation sites is 1. The number of aromatic nitrogens is 1. The van der Waals surface area contributed by atoms with E-state index in [1.54, 1.807) is 25.3 Å². The SMILES string of the molecule is Cc1ccc(C(=O)NNC(=O)Cc2c[nH]c3ccccc23)cc1NS(C)(=O)=O. The Kier molecular flexibility index (Phi) is 5.36. The van der Waals surface area contributed by atoms with Crippen LogP contribution in [0.25, 0.3) is 10.9 Å². The minimum Gasteiger partial charge on any atom is -0.361 e. The first-order chi connectivity index (χ1) is 13.2. The quantitative estimate of drug-likeness (QED) is 0.489. The first-order valence-corrected chi connectivity index (χ1v) is 10.3. The van der Waals surface area contributed by atoms with E-state index in [9.17, 15) is 18.0 Å². The lowest BCUT2D eigenvalue weighted by Gasteiger charge is -2.11. The van der Waals surface area contributed by atoms with Gasteiger partial charge >= 0.3 is 0 Å². The number of carbonyl (C=O) groups excluding carboxylic acids is 2. The Morgan fingerprint density at radius 2 is 1.82 bits per heavy atom. The zero-order valence-electron chi connectivity index (χ0n) is 15.4. The van der Waals surface area contributed by atoms with Gasteiger partial charge in [0.1, 0.15) is 0 Å². The second-order valence-corrected chi connectivity index (χ2v) is 8.19. The van der Waals surface area contributed by atoms with Gasteiger partial charge in [0.25, 0.3) is 5.91 Å². The zero-order chi connectivity index (χ0) is 20.3. The molecule has 3 aromatic rings. The molecule has 0 radical (unpaired) electrons. The van der Waals surface area contributed by atoms with Gasteiger partial charge in [-0.1, -0.05) is 24.3 Å². The highest BCUT2D eigenvalue weighted by Crippen LogP contribution is 2.19. The number of aryl methyl sites for hydroxylation is 1. The van der Waals surface area contributed by atoms with Gasteiger partial charge in [0.05, 0.1) is 18.4 Å². The monoisotopic (exact) mass is 400 g/mol. The molecule has 0 aliphatic heterocycles. The minimum absolute atomic E-state index is 0.0963. The molecule has 28 heavy (non-hydrogen) atoms. The van der Waals surface area contributed by atoms with E-state index in [4.69, 9.17) is 0 Å². The first kappa shape index (κ1) is 19.4. The van der Waals surface area contributed by atoms with E-state index in [2.05, 4.69) is 20.6 Å². The highest BCUT2D eigenvalue weighted by molar-refractivity contribution is 7.92. The van der Waals surface area contributed by atoms with Crippen LogP contribution in [0.15, 0.2) is 48.7 Å². The maximum atomic E-state index is 12.3. The molecule has 1 heterocycles. The van der Waals surface area contributed by atoms with E-state index in [-0.39, 0.29) is 17.9 Å². The van der Waals surface area contributed by atoms with Crippen LogP contribution in [0.2, 0.25) is 0 Å². The van der Waals surface area contributed by atoms with Crippen molar-refractivity contribution in [2.45, 2.75) is 13.3 Å². The predicted molar refractivity (Wildman–Crippen MR) is 107 cm³/mol. The van der Waals surface area contributed by atoms with Gasteiger partial charge < -0.3 is 4.98 Å². The van der Waals surface area contributed by atoms with E-state index in [0.29, 0.717) is 11.3 Å². The number of amides is 2. The van der Waals surface area contributed by atoms with Crippen molar-refractivity contribution >= 4 is 38.4 Å². The Morgan fingerprint density at radius 3 is 2.57 bits per heavy atom. The fraction of sp³-hybridized carbons (Fsp3) is 0.158. The number of fused-ring (bicyclic) bond motifs is 1. The molecular weight excluding hydrogens is 380 g/mol. The molecule has 0 saturated carbocycles. The molecule has 2 amide bonds. The van der Waals surface area contributed by atoms with Gasteiger partial charge in [-0.15, -0.1) is 0 Å². The number of hydrazine groups is 1. The standard InChI is InChI=1S/C19H20N4O4S/c1-12-7-8-13(9-17(12)23-28(2,26)27)19(25)22-21-18(24)10-14-11-20-16-6-4-3-5-15(14)16/h3-9,11,20,23H,10H2,1-2H3,(H,21,24)(H,22,25). The van der Waals surface area contributed by atoms with Crippen molar-refractivity contribution in [1.82, 2.24) is 15.8 Å². The van der Waals surface area contributed by atoms with Crippen LogP contribution in [0.4, 0.5) is 5.69 Å². The van der Waals surface area contributed by atoms with Crippen molar-refractivity contribution in [2.24, 2.45) is 0 Å². The van der Waals surface area contributed by atoms with Gasteiger partial charge in [0.2, 0.25) is 15.9 Å². The van der Waals surface area contributed by atoms with Crippen molar-refractivity contribution < 1.29 is 18.0 Å². The van der Waals surface area contributed by atoms with Gasteiger partial charge in [-0.05, 0) is 36.2 Å².